The van der Waals surface area contributed by atoms with Crippen molar-refractivity contribution in [3.63, 3.8) is 0 Å². The highest BCUT2D eigenvalue weighted by atomic mass is 16.5. The molecule has 0 radical (unpaired) electrons. The summed E-state index contributed by atoms with van der Waals surface area (Å²) in [5.41, 5.74) is 5.35. The standard InChI is InChI=1S/C16H22N2O5/c1-3-11(2)12-6-4-5-7-13(12)23-10-15(20)18-17-14(19)8-9-16(21)22/h4-7,11H,3,8-10H2,1-2H3,(H,17,19)(H,18,20)(H,21,22). The van der Waals surface area contributed by atoms with Gasteiger partial charge in [0.2, 0.25) is 5.91 Å². The van der Waals surface area contributed by atoms with Gasteiger partial charge in [-0.25, -0.2) is 0 Å². The Labute approximate surface area is 135 Å². The van der Waals surface area contributed by atoms with Gasteiger partial charge in [0.05, 0.1) is 6.42 Å². The molecule has 0 aliphatic rings. The number of para-hydroxylation sites is 1. The van der Waals surface area contributed by atoms with E-state index in [1.807, 2.05) is 18.2 Å². The van der Waals surface area contributed by atoms with E-state index in [0.717, 1.165) is 12.0 Å². The van der Waals surface area contributed by atoms with Crippen LogP contribution in [-0.2, 0) is 14.4 Å². The number of hydrogen-bond donors (Lipinski definition) is 3. The van der Waals surface area contributed by atoms with Gasteiger partial charge >= 0.3 is 5.97 Å². The molecule has 1 aromatic rings. The first-order valence-corrected chi connectivity index (χ1v) is 7.45. The summed E-state index contributed by atoms with van der Waals surface area (Å²) < 4.78 is 5.49. The zero-order chi connectivity index (χ0) is 17.2. The van der Waals surface area contributed by atoms with Crippen molar-refractivity contribution in [1.29, 1.82) is 0 Å². The maximum atomic E-state index is 11.6. The molecule has 3 N–H and O–H groups in total. The summed E-state index contributed by atoms with van der Waals surface area (Å²) in [6.45, 7) is 3.90. The highest BCUT2D eigenvalue weighted by molar-refractivity contribution is 5.84. The molecule has 1 atom stereocenters. The van der Waals surface area contributed by atoms with Crippen LogP contribution in [-0.4, -0.2) is 29.5 Å². The van der Waals surface area contributed by atoms with Gasteiger partial charge in [0.15, 0.2) is 6.61 Å². The van der Waals surface area contributed by atoms with E-state index in [9.17, 15) is 14.4 Å². The molecule has 0 saturated heterocycles. The van der Waals surface area contributed by atoms with Gasteiger partial charge in [-0.1, -0.05) is 32.0 Å². The fourth-order valence-corrected chi connectivity index (χ4v) is 1.84. The fourth-order valence-electron chi connectivity index (χ4n) is 1.84. The Morgan fingerprint density at radius 2 is 1.78 bits per heavy atom. The van der Waals surface area contributed by atoms with Crippen molar-refractivity contribution in [1.82, 2.24) is 10.9 Å². The van der Waals surface area contributed by atoms with E-state index in [1.54, 1.807) is 6.07 Å². The Bertz CT molecular complexity index is 559. The van der Waals surface area contributed by atoms with Gasteiger partial charge in [0.25, 0.3) is 5.91 Å². The lowest BCUT2D eigenvalue weighted by atomic mass is 9.98. The largest absolute Gasteiger partial charge is 0.483 e. The smallest absolute Gasteiger partial charge is 0.303 e. The van der Waals surface area contributed by atoms with Crippen LogP contribution in [0.3, 0.4) is 0 Å². The molecule has 0 bridgehead atoms. The Balaban J connectivity index is 2.42. The minimum absolute atomic E-state index is 0.201. The zero-order valence-electron chi connectivity index (χ0n) is 13.3. The first-order chi connectivity index (χ1) is 10.9. The van der Waals surface area contributed by atoms with Crippen LogP contribution in [0.4, 0.5) is 0 Å². The molecule has 126 valence electrons. The number of hydrazine groups is 1. The van der Waals surface area contributed by atoms with Gasteiger partial charge in [0.1, 0.15) is 5.75 Å². The van der Waals surface area contributed by atoms with Crippen molar-refractivity contribution in [2.24, 2.45) is 0 Å². The van der Waals surface area contributed by atoms with Crippen molar-refractivity contribution < 1.29 is 24.2 Å². The van der Waals surface area contributed by atoms with Crippen molar-refractivity contribution in [2.45, 2.75) is 39.0 Å². The summed E-state index contributed by atoms with van der Waals surface area (Å²) in [5, 5.41) is 8.45. The van der Waals surface area contributed by atoms with Crippen LogP contribution in [0.1, 0.15) is 44.6 Å². The second kappa shape index (κ2) is 9.45. The predicted octanol–water partition coefficient (Wildman–Crippen LogP) is 1.59. The molecule has 1 unspecified atom stereocenters. The molecule has 0 saturated carbocycles. The average Bonchev–Trinajstić information content (AvgIpc) is 2.55. The van der Waals surface area contributed by atoms with Crippen molar-refractivity contribution >= 4 is 17.8 Å². The van der Waals surface area contributed by atoms with Crippen LogP contribution in [0.15, 0.2) is 24.3 Å². The number of benzene rings is 1. The van der Waals surface area contributed by atoms with Gasteiger partial charge in [-0.3, -0.25) is 25.2 Å². The summed E-state index contributed by atoms with van der Waals surface area (Å²) in [6.07, 6.45) is 0.458. The number of hydrogen-bond acceptors (Lipinski definition) is 4. The van der Waals surface area contributed by atoms with Gasteiger partial charge in [-0.15, -0.1) is 0 Å². The maximum absolute atomic E-state index is 11.6. The Hall–Kier alpha value is -2.57. The molecule has 0 aliphatic carbocycles. The first kappa shape index (κ1) is 18.5. The van der Waals surface area contributed by atoms with E-state index in [2.05, 4.69) is 24.7 Å². The summed E-state index contributed by atoms with van der Waals surface area (Å²) in [5.74, 6) is -1.22. The SMILES string of the molecule is CCC(C)c1ccccc1OCC(=O)NNC(=O)CCC(=O)O. The molecule has 23 heavy (non-hydrogen) atoms. The summed E-state index contributed by atoms with van der Waals surface area (Å²) in [6, 6.07) is 7.49. The maximum Gasteiger partial charge on any atom is 0.303 e. The molecule has 1 aromatic carbocycles. The lowest BCUT2D eigenvalue weighted by Crippen LogP contribution is -2.43. The van der Waals surface area contributed by atoms with Gasteiger partial charge in [0, 0.05) is 6.42 Å². The van der Waals surface area contributed by atoms with Crippen LogP contribution in [0.25, 0.3) is 0 Å². The molecule has 0 aromatic heterocycles. The van der Waals surface area contributed by atoms with E-state index >= 15 is 0 Å². The number of ether oxygens (including phenoxy) is 1. The number of aliphatic carboxylic acids is 1. The Morgan fingerprint density at radius 1 is 1.13 bits per heavy atom. The molecule has 7 heteroatoms. The zero-order valence-corrected chi connectivity index (χ0v) is 13.3. The molecule has 0 aliphatic heterocycles. The third-order valence-corrected chi connectivity index (χ3v) is 3.33. The monoisotopic (exact) mass is 322 g/mol. The summed E-state index contributed by atoms with van der Waals surface area (Å²) in [4.78, 5) is 33.2. The predicted molar refractivity (Wildman–Crippen MR) is 83.8 cm³/mol. The van der Waals surface area contributed by atoms with Gasteiger partial charge < -0.3 is 9.84 Å². The molecule has 2 amide bonds. The van der Waals surface area contributed by atoms with E-state index in [0.29, 0.717) is 11.7 Å². The van der Waals surface area contributed by atoms with E-state index in [1.165, 1.54) is 0 Å². The number of carbonyl (C=O) groups excluding carboxylic acids is 2. The van der Waals surface area contributed by atoms with Crippen LogP contribution in [0.5, 0.6) is 5.75 Å². The molecule has 1 rings (SSSR count). The second-order valence-electron chi connectivity index (χ2n) is 5.13. The Kier molecular flexibility index (Phi) is 7.59. The lowest BCUT2D eigenvalue weighted by Gasteiger charge is -2.15. The molecule has 7 nitrogen and oxygen atoms in total. The number of rotatable bonds is 8. The molecule has 0 heterocycles. The topological polar surface area (TPSA) is 105 Å². The number of carboxylic acid groups (broad SMARTS) is 1. The normalized spacial score (nSPS) is 11.4. The number of carbonyl (C=O) groups is 3. The molecular weight excluding hydrogens is 300 g/mol. The van der Waals surface area contributed by atoms with E-state index < -0.39 is 17.8 Å². The Morgan fingerprint density at radius 3 is 2.43 bits per heavy atom. The van der Waals surface area contributed by atoms with E-state index in [-0.39, 0.29) is 19.4 Å². The van der Waals surface area contributed by atoms with Crippen molar-refractivity contribution in [3.8, 4) is 5.75 Å². The summed E-state index contributed by atoms with van der Waals surface area (Å²) in [7, 11) is 0. The number of carboxylic acids is 1. The quantitative estimate of drug-likeness (QED) is 0.630. The van der Waals surface area contributed by atoms with Crippen LogP contribution in [0, 0.1) is 0 Å². The minimum atomic E-state index is -1.07. The first-order valence-electron chi connectivity index (χ1n) is 7.45. The van der Waals surface area contributed by atoms with E-state index in [4.69, 9.17) is 9.84 Å². The third kappa shape index (κ3) is 6.82. The minimum Gasteiger partial charge on any atom is -0.483 e. The van der Waals surface area contributed by atoms with Crippen LogP contribution >= 0.6 is 0 Å². The summed E-state index contributed by atoms with van der Waals surface area (Å²) >= 11 is 0. The lowest BCUT2D eigenvalue weighted by molar-refractivity contribution is -0.139. The van der Waals surface area contributed by atoms with Gasteiger partial charge in [-0.05, 0) is 24.0 Å². The molecule has 0 fully saturated rings. The van der Waals surface area contributed by atoms with Crippen molar-refractivity contribution in [2.75, 3.05) is 6.61 Å². The van der Waals surface area contributed by atoms with Gasteiger partial charge in [-0.2, -0.15) is 0 Å². The van der Waals surface area contributed by atoms with Crippen LogP contribution < -0.4 is 15.6 Å². The van der Waals surface area contributed by atoms with Crippen LogP contribution in [0.2, 0.25) is 0 Å². The third-order valence-electron chi connectivity index (χ3n) is 3.33. The highest BCUT2D eigenvalue weighted by Crippen LogP contribution is 2.28. The van der Waals surface area contributed by atoms with Crippen molar-refractivity contribution in [3.05, 3.63) is 29.8 Å². The second-order valence-corrected chi connectivity index (χ2v) is 5.13. The molecule has 0 spiro atoms. The number of amides is 2. The molecular formula is C16H22N2O5. The average molecular weight is 322 g/mol. The highest BCUT2D eigenvalue weighted by Gasteiger charge is 2.12. The number of nitrogens with one attached hydrogen (secondary N) is 2. The fraction of sp³-hybridized carbons (Fsp3) is 0.438.